The van der Waals surface area contributed by atoms with E-state index in [0.29, 0.717) is 40.0 Å². The second-order valence-electron chi connectivity index (χ2n) is 7.81. The fourth-order valence-electron chi connectivity index (χ4n) is 3.72. The summed E-state index contributed by atoms with van der Waals surface area (Å²) in [4.78, 5) is 17.9. The van der Waals surface area contributed by atoms with Crippen LogP contribution in [-0.4, -0.2) is 27.4 Å². The molecule has 0 unspecified atom stereocenters. The van der Waals surface area contributed by atoms with E-state index >= 15 is 0 Å². The summed E-state index contributed by atoms with van der Waals surface area (Å²) in [6.45, 7) is 5.17. The van der Waals surface area contributed by atoms with Crippen molar-refractivity contribution in [2.24, 2.45) is 0 Å². The zero-order valence-corrected chi connectivity index (χ0v) is 18.9. The highest BCUT2D eigenvalue weighted by Crippen LogP contribution is 2.29. The Balaban J connectivity index is 1.61. The summed E-state index contributed by atoms with van der Waals surface area (Å²) >= 11 is 7.66. The van der Waals surface area contributed by atoms with Crippen molar-refractivity contribution < 1.29 is 9.26 Å². The van der Waals surface area contributed by atoms with Crippen LogP contribution in [0.1, 0.15) is 50.1 Å². The molecule has 160 valence electrons. The molecule has 1 aliphatic rings. The van der Waals surface area contributed by atoms with Crippen LogP contribution in [0, 0.1) is 0 Å². The number of fused-ring (bicyclic) bond motifs is 2. The van der Waals surface area contributed by atoms with Gasteiger partial charge in [-0.15, -0.1) is 0 Å². The number of hydrogen-bond donors (Lipinski definition) is 0. The second kappa shape index (κ2) is 9.54. The molecular formula is C22H26ClN3O3S. The first-order chi connectivity index (χ1) is 14.5. The molecule has 0 aliphatic heterocycles. The number of aryl methyl sites for hydroxylation is 1. The Morgan fingerprint density at radius 3 is 2.97 bits per heavy atom. The second-order valence-corrected chi connectivity index (χ2v) is 9.19. The Morgan fingerprint density at radius 1 is 1.30 bits per heavy atom. The van der Waals surface area contributed by atoms with Gasteiger partial charge in [0.1, 0.15) is 5.76 Å². The first-order valence-electron chi connectivity index (χ1n) is 10.4. The van der Waals surface area contributed by atoms with Gasteiger partial charge in [-0.05, 0) is 57.7 Å². The molecule has 0 radical (unpaired) electrons. The zero-order chi connectivity index (χ0) is 21.1. The summed E-state index contributed by atoms with van der Waals surface area (Å²) in [6, 6.07) is 5.22. The molecule has 0 saturated heterocycles. The Bertz CT molecular complexity index is 1090. The van der Waals surface area contributed by atoms with Gasteiger partial charge in [0.2, 0.25) is 0 Å². The highest BCUT2D eigenvalue weighted by Gasteiger charge is 2.20. The fraction of sp³-hybridized carbons (Fsp3) is 0.500. The van der Waals surface area contributed by atoms with Gasteiger partial charge in [0.05, 0.1) is 22.7 Å². The molecule has 3 aromatic rings. The number of nitrogens with zero attached hydrogens (tertiary/aromatic N) is 3. The minimum Gasteiger partial charge on any atom is -0.379 e. The third-order valence-electron chi connectivity index (χ3n) is 5.23. The van der Waals surface area contributed by atoms with Gasteiger partial charge in [0.25, 0.3) is 5.56 Å². The first-order valence-corrected chi connectivity index (χ1v) is 11.8. The number of aromatic nitrogens is 3. The molecule has 30 heavy (non-hydrogen) atoms. The molecule has 0 N–H and O–H groups in total. The molecule has 8 heteroatoms. The average molecular weight is 448 g/mol. The largest absolute Gasteiger partial charge is 0.379 e. The van der Waals surface area contributed by atoms with E-state index in [0.717, 1.165) is 37.1 Å². The lowest BCUT2D eigenvalue weighted by Gasteiger charge is -2.14. The predicted molar refractivity (Wildman–Crippen MR) is 119 cm³/mol. The number of benzene rings is 1. The Kier molecular flexibility index (Phi) is 6.80. The summed E-state index contributed by atoms with van der Waals surface area (Å²) in [5, 5.41) is 6.10. The third kappa shape index (κ3) is 4.74. The number of rotatable bonds is 8. The van der Waals surface area contributed by atoms with Crippen molar-refractivity contribution in [3.8, 4) is 0 Å². The van der Waals surface area contributed by atoms with Crippen LogP contribution in [0.5, 0.6) is 0 Å². The summed E-state index contributed by atoms with van der Waals surface area (Å²) in [5.41, 5.74) is 2.76. The minimum atomic E-state index is -0.0501. The van der Waals surface area contributed by atoms with E-state index in [9.17, 15) is 4.79 Å². The summed E-state index contributed by atoms with van der Waals surface area (Å²) in [5.74, 6) is 1.64. The zero-order valence-electron chi connectivity index (χ0n) is 17.3. The average Bonchev–Trinajstić information content (AvgIpc) is 3.14. The van der Waals surface area contributed by atoms with Gasteiger partial charge < -0.3 is 9.26 Å². The summed E-state index contributed by atoms with van der Waals surface area (Å²) < 4.78 is 12.9. The molecule has 0 fully saturated rings. The van der Waals surface area contributed by atoms with E-state index < -0.39 is 0 Å². The fourth-order valence-corrected chi connectivity index (χ4v) is 4.87. The molecule has 1 aliphatic carbocycles. The standard InChI is InChI=1S/C22H26ClN3O3S/c1-14(2)28-11-5-10-26-21(27)17-9-8-15(23)12-18(17)24-22(26)30-13-19-16-6-3-4-7-20(16)29-25-19/h8-9,12,14H,3-7,10-11,13H2,1-2H3. The van der Waals surface area contributed by atoms with Crippen molar-refractivity contribution in [2.45, 2.75) is 69.5 Å². The van der Waals surface area contributed by atoms with Crippen molar-refractivity contribution in [2.75, 3.05) is 6.61 Å². The predicted octanol–water partition coefficient (Wildman–Crippen LogP) is 5.02. The van der Waals surface area contributed by atoms with Gasteiger partial charge in [0.15, 0.2) is 5.16 Å². The maximum atomic E-state index is 13.2. The van der Waals surface area contributed by atoms with Crippen LogP contribution in [0.25, 0.3) is 10.9 Å². The Morgan fingerprint density at radius 2 is 2.13 bits per heavy atom. The van der Waals surface area contributed by atoms with Gasteiger partial charge in [-0.2, -0.15) is 0 Å². The van der Waals surface area contributed by atoms with Gasteiger partial charge in [0, 0.05) is 35.9 Å². The molecule has 4 rings (SSSR count). The van der Waals surface area contributed by atoms with E-state index in [1.54, 1.807) is 22.8 Å². The molecule has 0 saturated carbocycles. The topological polar surface area (TPSA) is 70.2 Å². The SMILES string of the molecule is CC(C)OCCCn1c(SCc2noc3c2CCCC3)nc2cc(Cl)ccc2c1=O. The quantitative estimate of drug-likeness (QED) is 0.274. The van der Waals surface area contributed by atoms with Crippen molar-refractivity contribution in [1.29, 1.82) is 0 Å². The van der Waals surface area contributed by atoms with Crippen molar-refractivity contribution in [1.82, 2.24) is 14.7 Å². The maximum absolute atomic E-state index is 13.2. The van der Waals surface area contributed by atoms with Crippen LogP contribution in [0.3, 0.4) is 0 Å². The molecule has 0 atom stereocenters. The molecular weight excluding hydrogens is 422 g/mol. The van der Waals surface area contributed by atoms with Crippen molar-refractivity contribution in [3.63, 3.8) is 0 Å². The van der Waals surface area contributed by atoms with Crippen LogP contribution in [0.4, 0.5) is 0 Å². The number of ether oxygens (including phenoxy) is 1. The van der Waals surface area contributed by atoms with Gasteiger partial charge in [-0.3, -0.25) is 9.36 Å². The van der Waals surface area contributed by atoms with Gasteiger partial charge >= 0.3 is 0 Å². The molecule has 2 aromatic heterocycles. The summed E-state index contributed by atoms with van der Waals surface area (Å²) in [7, 11) is 0. The van der Waals surface area contributed by atoms with Gasteiger partial charge in [-0.1, -0.05) is 28.5 Å². The lowest BCUT2D eigenvalue weighted by Crippen LogP contribution is -2.24. The normalized spacial score (nSPS) is 13.9. The van der Waals surface area contributed by atoms with Crippen LogP contribution in [0.15, 0.2) is 32.7 Å². The number of thioether (sulfide) groups is 1. The van der Waals surface area contributed by atoms with Crippen LogP contribution in [0.2, 0.25) is 5.02 Å². The molecule has 0 spiro atoms. The Hall–Kier alpha value is -1.83. The number of hydrogen-bond acceptors (Lipinski definition) is 6. The third-order valence-corrected chi connectivity index (χ3v) is 6.45. The number of halogens is 1. The molecule has 2 heterocycles. The monoisotopic (exact) mass is 447 g/mol. The summed E-state index contributed by atoms with van der Waals surface area (Å²) in [6.07, 6.45) is 5.20. The first kappa shape index (κ1) is 21.4. The van der Waals surface area contributed by atoms with Gasteiger partial charge in [-0.25, -0.2) is 4.98 Å². The maximum Gasteiger partial charge on any atom is 0.262 e. The van der Waals surface area contributed by atoms with E-state index in [1.165, 1.54) is 23.7 Å². The minimum absolute atomic E-state index is 0.0501. The molecule has 6 nitrogen and oxygen atoms in total. The van der Waals surface area contributed by atoms with Crippen LogP contribution >= 0.6 is 23.4 Å². The highest BCUT2D eigenvalue weighted by atomic mass is 35.5. The van der Waals surface area contributed by atoms with E-state index in [1.807, 2.05) is 13.8 Å². The lowest BCUT2D eigenvalue weighted by atomic mass is 9.97. The van der Waals surface area contributed by atoms with E-state index in [-0.39, 0.29) is 11.7 Å². The van der Waals surface area contributed by atoms with Crippen LogP contribution < -0.4 is 5.56 Å². The molecule has 0 amide bonds. The highest BCUT2D eigenvalue weighted by molar-refractivity contribution is 7.98. The van der Waals surface area contributed by atoms with E-state index in [2.05, 4.69) is 5.16 Å². The van der Waals surface area contributed by atoms with Crippen LogP contribution in [-0.2, 0) is 29.9 Å². The lowest BCUT2D eigenvalue weighted by molar-refractivity contribution is 0.0743. The van der Waals surface area contributed by atoms with Crippen molar-refractivity contribution >= 4 is 34.3 Å². The van der Waals surface area contributed by atoms with E-state index in [4.69, 9.17) is 25.8 Å². The van der Waals surface area contributed by atoms with Crippen molar-refractivity contribution in [3.05, 3.63) is 50.6 Å². The Labute approximate surface area is 184 Å². The molecule has 1 aromatic carbocycles. The smallest absolute Gasteiger partial charge is 0.262 e. The molecule has 0 bridgehead atoms.